The van der Waals surface area contributed by atoms with Crippen molar-refractivity contribution >= 4 is 23.1 Å². The largest absolute Gasteiger partial charge is 0.392 e. The van der Waals surface area contributed by atoms with Gasteiger partial charge in [0.1, 0.15) is 0 Å². The first kappa shape index (κ1) is 10.5. The summed E-state index contributed by atoms with van der Waals surface area (Å²) in [7, 11) is 0. The molecule has 2 heterocycles. The van der Waals surface area contributed by atoms with Crippen LogP contribution in [-0.2, 0) is 6.42 Å². The SMILES string of the molecule is Cc1nc(CC(O)C2CCSC2)cs1. The zero-order chi connectivity index (χ0) is 9.97. The Balaban J connectivity index is 1.90. The molecule has 0 spiro atoms. The first-order valence-electron chi connectivity index (χ1n) is 4.92. The Kier molecular flexibility index (Phi) is 3.47. The molecule has 2 unspecified atom stereocenters. The molecular weight excluding hydrogens is 214 g/mol. The van der Waals surface area contributed by atoms with E-state index >= 15 is 0 Å². The topological polar surface area (TPSA) is 33.1 Å². The first-order chi connectivity index (χ1) is 6.75. The second-order valence-corrected chi connectivity index (χ2v) is 5.97. The van der Waals surface area contributed by atoms with Gasteiger partial charge in [-0.15, -0.1) is 11.3 Å². The Morgan fingerprint density at radius 2 is 2.57 bits per heavy atom. The summed E-state index contributed by atoms with van der Waals surface area (Å²) in [5, 5.41) is 13.1. The van der Waals surface area contributed by atoms with Gasteiger partial charge in [0.05, 0.1) is 16.8 Å². The van der Waals surface area contributed by atoms with Gasteiger partial charge in [-0.3, -0.25) is 0 Å². The van der Waals surface area contributed by atoms with Gasteiger partial charge in [0.25, 0.3) is 0 Å². The highest BCUT2D eigenvalue weighted by Gasteiger charge is 2.24. The summed E-state index contributed by atoms with van der Waals surface area (Å²) in [6.45, 7) is 2.01. The minimum atomic E-state index is -0.188. The molecule has 14 heavy (non-hydrogen) atoms. The van der Waals surface area contributed by atoms with Gasteiger partial charge in [-0.25, -0.2) is 4.98 Å². The average Bonchev–Trinajstić information content (AvgIpc) is 2.75. The highest BCUT2D eigenvalue weighted by atomic mass is 32.2. The van der Waals surface area contributed by atoms with Crippen LogP contribution in [0.15, 0.2) is 5.38 Å². The number of nitrogens with zero attached hydrogens (tertiary/aromatic N) is 1. The van der Waals surface area contributed by atoms with Gasteiger partial charge in [0.15, 0.2) is 0 Å². The zero-order valence-corrected chi connectivity index (χ0v) is 9.90. The van der Waals surface area contributed by atoms with Crippen molar-refractivity contribution in [3.8, 4) is 0 Å². The van der Waals surface area contributed by atoms with E-state index in [1.54, 1.807) is 11.3 Å². The Bertz CT molecular complexity index is 294. The van der Waals surface area contributed by atoms with Gasteiger partial charge in [0, 0.05) is 11.8 Å². The molecule has 0 radical (unpaired) electrons. The van der Waals surface area contributed by atoms with Crippen LogP contribution < -0.4 is 0 Å². The average molecular weight is 229 g/mol. The van der Waals surface area contributed by atoms with E-state index in [1.165, 1.54) is 5.75 Å². The predicted molar refractivity (Wildman–Crippen MR) is 62.0 cm³/mol. The molecule has 1 aromatic heterocycles. The van der Waals surface area contributed by atoms with Gasteiger partial charge in [-0.05, 0) is 30.8 Å². The molecule has 78 valence electrons. The molecule has 1 aliphatic rings. The first-order valence-corrected chi connectivity index (χ1v) is 6.96. The summed E-state index contributed by atoms with van der Waals surface area (Å²) >= 11 is 3.61. The van der Waals surface area contributed by atoms with E-state index in [0.717, 1.165) is 29.3 Å². The van der Waals surface area contributed by atoms with E-state index in [-0.39, 0.29) is 6.10 Å². The van der Waals surface area contributed by atoms with Crippen LogP contribution in [0.25, 0.3) is 0 Å². The summed E-state index contributed by atoms with van der Waals surface area (Å²) in [5.41, 5.74) is 1.05. The van der Waals surface area contributed by atoms with Crippen LogP contribution in [0, 0.1) is 12.8 Å². The highest BCUT2D eigenvalue weighted by Crippen LogP contribution is 2.27. The van der Waals surface area contributed by atoms with Gasteiger partial charge in [0.2, 0.25) is 0 Å². The lowest BCUT2D eigenvalue weighted by atomic mass is 9.98. The van der Waals surface area contributed by atoms with Crippen molar-refractivity contribution in [3.05, 3.63) is 16.1 Å². The lowest BCUT2D eigenvalue weighted by Gasteiger charge is -2.15. The predicted octanol–water partition coefficient (Wildman–Crippen LogP) is 2.11. The van der Waals surface area contributed by atoms with E-state index in [1.807, 2.05) is 18.7 Å². The number of thiazole rings is 1. The fourth-order valence-electron chi connectivity index (χ4n) is 1.74. The second-order valence-electron chi connectivity index (χ2n) is 3.75. The molecular formula is C10H15NOS2. The van der Waals surface area contributed by atoms with Crippen molar-refractivity contribution in [3.63, 3.8) is 0 Å². The van der Waals surface area contributed by atoms with Crippen LogP contribution in [0.1, 0.15) is 17.1 Å². The number of thioether (sulfide) groups is 1. The van der Waals surface area contributed by atoms with Crippen molar-refractivity contribution in [1.29, 1.82) is 0 Å². The Morgan fingerprint density at radius 3 is 3.14 bits per heavy atom. The maximum Gasteiger partial charge on any atom is 0.0897 e. The number of hydrogen-bond acceptors (Lipinski definition) is 4. The maximum absolute atomic E-state index is 9.96. The van der Waals surface area contributed by atoms with Crippen molar-refractivity contribution < 1.29 is 5.11 Å². The maximum atomic E-state index is 9.96. The highest BCUT2D eigenvalue weighted by molar-refractivity contribution is 7.99. The number of rotatable bonds is 3. The Morgan fingerprint density at radius 1 is 1.71 bits per heavy atom. The monoisotopic (exact) mass is 229 g/mol. The van der Waals surface area contributed by atoms with Crippen LogP contribution >= 0.6 is 23.1 Å². The lowest BCUT2D eigenvalue weighted by molar-refractivity contribution is 0.119. The molecule has 2 nitrogen and oxygen atoms in total. The fraction of sp³-hybridized carbons (Fsp3) is 0.700. The summed E-state index contributed by atoms with van der Waals surface area (Å²) < 4.78 is 0. The smallest absolute Gasteiger partial charge is 0.0897 e. The van der Waals surface area contributed by atoms with Gasteiger partial charge < -0.3 is 5.11 Å². The molecule has 0 aliphatic carbocycles. The molecule has 0 aromatic carbocycles. The van der Waals surface area contributed by atoms with Crippen molar-refractivity contribution in [2.24, 2.45) is 5.92 Å². The summed E-state index contributed by atoms with van der Waals surface area (Å²) in [4.78, 5) is 4.37. The van der Waals surface area contributed by atoms with Crippen molar-refractivity contribution in [2.75, 3.05) is 11.5 Å². The van der Waals surface area contributed by atoms with Crippen LogP contribution in [0.4, 0.5) is 0 Å². The zero-order valence-electron chi connectivity index (χ0n) is 8.27. The quantitative estimate of drug-likeness (QED) is 0.861. The van der Waals surface area contributed by atoms with E-state index in [2.05, 4.69) is 10.4 Å². The standard InChI is InChI=1S/C10H15NOS2/c1-7-11-9(6-14-7)4-10(12)8-2-3-13-5-8/h6,8,10,12H,2-5H2,1H3. The Hall–Kier alpha value is -0.0600. The molecule has 2 rings (SSSR count). The summed E-state index contributed by atoms with van der Waals surface area (Å²) in [6, 6.07) is 0. The molecule has 1 fully saturated rings. The number of aliphatic hydroxyl groups excluding tert-OH is 1. The van der Waals surface area contributed by atoms with Crippen LogP contribution in [0.3, 0.4) is 0 Å². The van der Waals surface area contributed by atoms with Gasteiger partial charge in [-0.2, -0.15) is 11.8 Å². The van der Waals surface area contributed by atoms with Crippen LogP contribution in [-0.4, -0.2) is 27.7 Å². The molecule has 1 aromatic rings. The van der Waals surface area contributed by atoms with Crippen LogP contribution in [0.5, 0.6) is 0 Å². The van der Waals surface area contributed by atoms with Gasteiger partial charge >= 0.3 is 0 Å². The molecule has 0 bridgehead atoms. The van der Waals surface area contributed by atoms with Crippen molar-refractivity contribution in [1.82, 2.24) is 4.98 Å². The third-order valence-electron chi connectivity index (χ3n) is 2.59. The second kappa shape index (κ2) is 4.64. The fourth-order valence-corrected chi connectivity index (χ4v) is 3.69. The summed E-state index contributed by atoms with van der Waals surface area (Å²) in [6.07, 6.45) is 1.70. The number of aromatic nitrogens is 1. The van der Waals surface area contributed by atoms with Gasteiger partial charge in [-0.1, -0.05) is 0 Å². The van der Waals surface area contributed by atoms with E-state index < -0.39 is 0 Å². The molecule has 4 heteroatoms. The van der Waals surface area contributed by atoms with E-state index in [0.29, 0.717) is 5.92 Å². The molecule has 2 atom stereocenters. The summed E-state index contributed by atoms with van der Waals surface area (Å²) in [5.74, 6) is 2.81. The normalized spacial score (nSPS) is 24.0. The molecule has 0 saturated carbocycles. The number of hydrogen-bond donors (Lipinski definition) is 1. The van der Waals surface area contributed by atoms with E-state index in [9.17, 15) is 5.11 Å². The number of aliphatic hydroxyl groups is 1. The number of aryl methyl sites for hydroxylation is 1. The van der Waals surface area contributed by atoms with E-state index in [4.69, 9.17) is 0 Å². The molecule has 0 amide bonds. The third-order valence-corrected chi connectivity index (χ3v) is 4.60. The minimum absolute atomic E-state index is 0.188. The Labute approximate surface area is 92.8 Å². The molecule has 1 saturated heterocycles. The molecule has 1 N–H and O–H groups in total. The van der Waals surface area contributed by atoms with Crippen molar-refractivity contribution in [2.45, 2.75) is 25.9 Å². The lowest BCUT2D eigenvalue weighted by Crippen LogP contribution is -2.22. The third kappa shape index (κ3) is 2.49. The minimum Gasteiger partial charge on any atom is -0.392 e. The van der Waals surface area contributed by atoms with Crippen LogP contribution in [0.2, 0.25) is 0 Å². The molecule has 1 aliphatic heterocycles.